The van der Waals surface area contributed by atoms with Gasteiger partial charge in [-0.25, -0.2) is 0 Å². The lowest BCUT2D eigenvalue weighted by atomic mass is 10.1. The minimum absolute atomic E-state index is 0.189. The number of nitrogens with one attached hydrogen (secondary N) is 2. The molecule has 2 rings (SSSR count). The van der Waals surface area contributed by atoms with Gasteiger partial charge in [0.05, 0.1) is 5.69 Å². The molecule has 3 nitrogen and oxygen atoms in total. The fraction of sp³-hybridized carbons (Fsp3) is 0.188. The van der Waals surface area contributed by atoms with E-state index in [1.165, 1.54) is 11.1 Å². The summed E-state index contributed by atoms with van der Waals surface area (Å²) in [5.74, 6) is 0.189. The highest BCUT2D eigenvalue weighted by Gasteiger charge is 2.04. The molecule has 0 amide bonds. The number of aryl methyl sites for hydroxylation is 3. The van der Waals surface area contributed by atoms with E-state index < -0.39 is 0 Å². The number of hydrogen-bond donors (Lipinski definition) is 3. The maximum Gasteiger partial charge on any atom is 0.175 e. The van der Waals surface area contributed by atoms with E-state index in [1.807, 2.05) is 31.2 Å². The second-order valence-electron chi connectivity index (χ2n) is 4.90. The van der Waals surface area contributed by atoms with E-state index in [1.54, 1.807) is 12.1 Å². The number of phenolic OH excluding ortho intramolecular Hbond substituents is 1. The molecule has 104 valence electrons. The molecule has 0 aliphatic rings. The summed E-state index contributed by atoms with van der Waals surface area (Å²) in [6.07, 6.45) is 0. The summed E-state index contributed by atoms with van der Waals surface area (Å²) in [6.45, 7) is 6.05. The molecule has 2 aromatic carbocycles. The summed E-state index contributed by atoms with van der Waals surface area (Å²) < 4.78 is 0. The van der Waals surface area contributed by atoms with Gasteiger partial charge in [0.15, 0.2) is 5.11 Å². The van der Waals surface area contributed by atoms with Crippen molar-refractivity contribution >= 4 is 28.7 Å². The Morgan fingerprint density at radius 1 is 0.950 bits per heavy atom. The van der Waals surface area contributed by atoms with E-state index in [4.69, 9.17) is 12.2 Å². The van der Waals surface area contributed by atoms with Crippen molar-refractivity contribution < 1.29 is 5.11 Å². The molecule has 0 fully saturated rings. The number of hydrogen-bond acceptors (Lipinski definition) is 2. The van der Waals surface area contributed by atoms with Crippen LogP contribution < -0.4 is 10.6 Å². The highest BCUT2D eigenvalue weighted by Crippen LogP contribution is 2.24. The van der Waals surface area contributed by atoms with Crippen LogP contribution in [0.25, 0.3) is 0 Å². The monoisotopic (exact) mass is 286 g/mol. The molecule has 0 atom stereocenters. The third-order valence-electron chi connectivity index (χ3n) is 3.17. The van der Waals surface area contributed by atoms with Gasteiger partial charge < -0.3 is 15.7 Å². The molecule has 3 N–H and O–H groups in total. The van der Waals surface area contributed by atoms with Crippen LogP contribution in [0.1, 0.15) is 16.7 Å². The van der Waals surface area contributed by atoms with Crippen LogP contribution in [0.5, 0.6) is 5.75 Å². The third kappa shape index (κ3) is 3.48. The molecule has 0 aliphatic heterocycles. The predicted molar refractivity (Wildman–Crippen MR) is 88.6 cm³/mol. The molecule has 2 aromatic rings. The van der Waals surface area contributed by atoms with Crippen molar-refractivity contribution in [1.29, 1.82) is 0 Å². The molecule has 0 aliphatic carbocycles. The molecule has 0 bridgehead atoms. The van der Waals surface area contributed by atoms with Crippen molar-refractivity contribution in [3.05, 3.63) is 53.1 Å². The maximum absolute atomic E-state index is 9.84. The number of aromatic hydroxyl groups is 1. The van der Waals surface area contributed by atoms with Gasteiger partial charge in [0.1, 0.15) is 5.75 Å². The maximum atomic E-state index is 9.84. The smallest absolute Gasteiger partial charge is 0.175 e. The van der Waals surface area contributed by atoms with Gasteiger partial charge in [-0.3, -0.25) is 0 Å². The molecular weight excluding hydrogens is 268 g/mol. The van der Waals surface area contributed by atoms with Crippen LogP contribution in [-0.2, 0) is 0 Å². The number of rotatable bonds is 2. The molecule has 0 unspecified atom stereocenters. The normalized spacial score (nSPS) is 10.2. The number of thiocarbonyl (C=S) groups is 1. The summed E-state index contributed by atoms with van der Waals surface area (Å²) >= 11 is 5.25. The average molecular weight is 286 g/mol. The number of benzene rings is 2. The molecule has 0 saturated heterocycles. The van der Waals surface area contributed by atoms with Crippen molar-refractivity contribution in [2.75, 3.05) is 10.6 Å². The summed E-state index contributed by atoms with van der Waals surface area (Å²) in [6, 6.07) is 11.5. The van der Waals surface area contributed by atoms with Gasteiger partial charge in [-0.1, -0.05) is 12.1 Å². The Labute approximate surface area is 124 Å². The van der Waals surface area contributed by atoms with E-state index in [0.29, 0.717) is 10.8 Å². The SMILES string of the molecule is Cc1ccc(NC(=S)Nc2ccc(C)c(C)c2)c(O)c1. The Balaban J connectivity index is 2.07. The van der Waals surface area contributed by atoms with Gasteiger partial charge in [-0.2, -0.15) is 0 Å². The Bertz CT molecular complexity index is 653. The van der Waals surface area contributed by atoms with Gasteiger partial charge in [0, 0.05) is 5.69 Å². The van der Waals surface area contributed by atoms with Gasteiger partial charge in [0.2, 0.25) is 0 Å². The van der Waals surface area contributed by atoms with Crippen LogP contribution in [0.2, 0.25) is 0 Å². The Kier molecular flexibility index (Phi) is 4.25. The first-order chi connectivity index (χ1) is 9.45. The average Bonchev–Trinajstić information content (AvgIpc) is 2.37. The lowest BCUT2D eigenvalue weighted by molar-refractivity contribution is 0.477. The van der Waals surface area contributed by atoms with Crippen LogP contribution in [0.4, 0.5) is 11.4 Å². The van der Waals surface area contributed by atoms with Crippen LogP contribution >= 0.6 is 12.2 Å². The highest BCUT2D eigenvalue weighted by atomic mass is 32.1. The first-order valence-corrected chi connectivity index (χ1v) is 6.81. The van der Waals surface area contributed by atoms with E-state index in [2.05, 4.69) is 24.5 Å². The number of phenols is 1. The Morgan fingerprint density at radius 3 is 2.35 bits per heavy atom. The fourth-order valence-electron chi connectivity index (χ4n) is 1.85. The summed E-state index contributed by atoms with van der Waals surface area (Å²) in [5, 5.41) is 16.4. The minimum atomic E-state index is 0.189. The summed E-state index contributed by atoms with van der Waals surface area (Å²) in [7, 11) is 0. The molecule has 0 aromatic heterocycles. The van der Waals surface area contributed by atoms with Crippen molar-refractivity contribution in [3.8, 4) is 5.75 Å². The van der Waals surface area contributed by atoms with Gasteiger partial charge in [-0.05, 0) is 73.9 Å². The van der Waals surface area contributed by atoms with Gasteiger partial charge >= 0.3 is 0 Å². The van der Waals surface area contributed by atoms with Gasteiger partial charge in [0.25, 0.3) is 0 Å². The Morgan fingerprint density at radius 2 is 1.70 bits per heavy atom. The Hall–Kier alpha value is -2.07. The van der Waals surface area contributed by atoms with Crippen LogP contribution in [-0.4, -0.2) is 10.2 Å². The molecule has 0 heterocycles. The molecule has 4 heteroatoms. The van der Waals surface area contributed by atoms with Crippen molar-refractivity contribution in [3.63, 3.8) is 0 Å². The van der Waals surface area contributed by atoms with Crippen LogP contribution in [0.15, 0.2) is 36.4 Å². The predicted octanol–water partition coefficient (Wildman–Crippen LogP) is 4.13. The lowest BCUT2D eigenvalue weighted by Gasteiger charge is -2.13. The molecule has 0 radical (unpaired) electrons. The molecular formula is C16H18N2OS. The summed E-state index contributed by atoms with van der Waals surface area (Å²) in [4.78, 5) is 0. The van der Waals surface area contributed by atoms with E-state index >= 15 is 0 Å². The fourth-order valence-corrected chi connectivity index (χ4v) is 2.08. The zero-order valence-electron chi connectivity index (χ0n) is 11.8. The quantitative estimate of drug-likeness (QED) is 0.574. The zero-order valence-corrected chi connectivity index (χ0v) is 12.6. The van der Waals surface area contributed by atoms with Gasteiger partial charge in [-0.15, -0.1) is 0 Å². The molecule has 20 heavy (non-hydrogen) atoms. The van der Waals surface area contributed by atoms with Crippen molar-refractivity contribution in [2.24, 2.45) is 0 Å². The van der Waals surface area contributed by atoms with Crippen molar-refractivity contribution in [1.82, 2.24) is 0 Å². The van der Waals surface area contributed by atoms with Crippen LogP contribution in [0, 0.1) is 20.8 Å². The van der Waals surface area contributed by atoms with E-state index in [9.17, 15) is 5.11 Å². The zero-order chi connectivity index (χ0) is 14.7. The van der Waals surface area contributed by atoms with E-state index in [-0.39, 0.29) is 5.75 Å². The molecule has 0 spiro atoms. The van der Waals surface area contributed by atoms with Crippen LogP contribution in [0.3, 0.4) is 0 Å². The minimum Gasteiger partial charge on any atom is -0.506 e. The largest absolute Gasteiger partial charge is 0.506 e. The standard InChI is InChI=1S/C16H18N2OS/c1-10-4-7-14(15(19)8-10)18-16(20)17-13-6-5-11(2)12(3)9-13/h4-9,19H,1-3H3,(H2,17,18,20). The summed E-state index contributed by atoms with van der Waals surface area (Å²) in [5.41, 5.74) is 4.97. The first kappa shape index (κ1) is 14.3. The second-order valence-corrected chi connectivity index (χ2v) is 5.31. The molecule has 0 saturated carbocycles. The van der Waals surface area contributed by atoms with Crippen molar-refractivity contribution in [2.45, 2.75) is 20.8 Å². The number of anilines is 2. The topological polar surface area (TPSA) is 44.3 Å². The first-order valence-electron chi connectivity index (χ1n) is 6.40. The highest BCUT2D eigenvalue weighted by molar-refractivity contribution is 7.80. The van der Waals surface area contributed by atoms with E-state index in [0.717, 1.165) is 11.3 Å². The lowest BCUT2D eigenvalue weighted by Crippen LogP contribution is -2.19. The second kappa shape index (κ2) is 5.92. The third-order valence-corrected chi connectivity index (χ3v) is 3.37.